The van der Waals surface area contributed by atoms with Crippen LogP contribution in [0.5, 0.6) is 0 Å². The second kappa shape index (κ2) is 10.1. The van der Waals surface area contributed by atoms with E-state index in [9.17, 15) is 9.59 Å². The van der Waals surface area contributed by atoms with E-state index in [1.54, 1.807) is 12.1 Å². The second-order valence-corrected chi connectivity index (χ2v) is 7.16. The molecule has 1 aliphatic rings. The third-order valence-corrected chi connectivity index (χ3v) is 4.90. The van der Waals surface area contributed by atoms with Gasteiger partial charge in [0.15, 0.2) is 5.76 Å². The van der Waals surface area contributed by atoms with Gasteiger partial charge in [-0.25, -0.2) is 0 Å². The summed E-state index contributed by atoms with van der Waals surface area (Å²) in [7, 11) is 2.16. The molecule has 2 aromatic rings. The van der Waals surface area contributed by atoms with Gasteiger partial charge in [0.1, 0.15) is 0 Å². The van der Waals surface area contributed by atoms with Gasteiger partial charge < -0.3 is 20.0 Å². The summed E-state index contributed by atoms with van der Waals surface area (Å²) >= 11 is 0. The predicted octanol–water partition coefficient (Wildman–Crippen LogP) is 1.46. The summed E-state index contributed by atoms with van der Waals surface area (Å²) in [4.78, 5) is 28.5. The molecule has 1 aromatic carbocycles. The van der Waals surface area contributed by atoms with E-state index >= 15 is 0 Å². The number of likely N-dealkylation sites (N-methyl/N-ethyl adjacent to an activating group) is 1. The van der Waals surface area contributed by atoms with Crippen molar-refractivity contribution in [1.29, 1.82) is 0 Å². The fraction of sp³-hybridized carbons (Fsp3) is 0.429. The standard InChI is InChI=1S/C21H28N4O3/c1-24-10-12-25(13-11-24)16-18-6-4-17(5-7-18)15-23-20(26)8-9-22-21(27)19-3-2-14-28-19/h2-7,14H,8-13,15-16H2,1H3,(H,22,27)(H,23,26). The number of carbonyl (C=O) groups is 2. The zero-order valence-corrected chi connectivity index (χ0v) is 16.3. The van der Waals surface area contributed by atoms with Crippen molar-refractivity contribution in [3.8, 4) is 0 Å². The molecule has 0 aliphatic carbocycles. The van der Waals surface area contributed by atoms with Crippen LogP contribution in [0.2, 0.25) is 0 Å². The Morgan fingerprint density at radius 2 is 1.71 bits per heavy atom. The number of furan rings is 1. The maximum Gasteiger partial charge on any atom is 0.286 e. The molecule has 2 N–H and O–H groups in total. The molecular formula is C21H28N4O3. The van der Waals surface area contributed by atoms with E-state index in [-0.39, 0.29) is 30.5 Å². The van der Waals surface area contributed by atoms with Gasteiger partial charge in [0.25, 0.3) is 5.91 Å². The highest BCUT2D eigenvalue weighted by atomic mass is 16.3. The van der Waals surface area contributed by atoms with Crippen LogP contribution < -0.4 is 10.6 Å². The number of piperazine rings is 1. The lowest BCUT2D eigenvalue weighted by atomic mass is 10.1. The Hall–Kier alpha value is -2.64. The number of nitrogens with one attached hydrogen (secondary N) is 2. The fourth-order valence-electron chi connectivity index (χ4n) is 3.10. The molecule has 1 fully saturated rings. The summed E-state index contributed by atoms with van der Waals surface area (Å²) < 4.78 is 5.00. The molecule has 2 amide bonds. The third kappa shape index (κ3) is 6.21. The molecular weight excluding hydrogens is 356 g/mol. The van der Waals surface area contributed by atoms with Crippen LogP contribution in [-0.2, 0) is 17.9 Å². The number of rotatable bonds is 8. The van der Waals surface area contributed by atoms with Crippen molar-refractivity contribution in [3.05, 3.63) is 59.5 Å². The van der Waals surface area contributed by atoms with Crippen LogP contribution >= 0.6 is 0 Å². The molecule has 1 aliphatic heterocycles. The Morgan fingerprint density at radius 1 is 1.00 bits per heavy atom. The Balaban J connectivity index is 1.34. The number of hydrogen-bond acceptors (Lipinski definition) is 5. The molecule has 1 aromatic heterocycles. The van der Waals surface area contributed by atoms with Crippen molar-refractivity contribution in [2.75, 3.05) is 39.8 Å². The fourth-order valence-corrected chi connectivity index (χ4v) is 3.10. The number of benzene rings is 1. The number of hydrogen-bond donors (Lipinski definition) is 2. The lowest BCUT2D eigenvalue weighted by Gasteiger charge is -2.32. The lowest BCUT2D eigenvalue weighted by Crippen LogP contribution is -2.43. The third-order valence-electron chi connectivity index (χ3n) is 4.90. The molecule has 2 heterocycles. The molecule has 0 bridgehead atoms. The first-order valence-electron chi connectivity index (χ1n) is 9.67. The second-order valence-electron chi connectivity index (χ2n) is 7.16. The molecule has 0 unspecified atom stereocenters. The summed E-state index contributed by atoms with van der Waals surface area (Å²) in [5.41, 5.74) is 2.36. The molecule has 7 nitrogen and oxygen atoms in total. The van der Waals surface area contributed by atoms with Crippen molar-refractivity contribution < 1.29 is 14.0 Å². The quantitative estimate of drug-likeness (QED) is 0.721. The normalized spacial score (nSPS) is 15.3. The van der Waals surface area contributed by atoms with E-state index in [0.29, 0.717) is 6.54 Å². The van der Waals surface area contributed by atoms with Crippen LogP contribution in [-0.4, -0.2) is 61.4 Å². The van der Waals surface area contributed by atoms with E-state index in [1.807, 2.05) is 0 Å². The first-order chi connectivity index (χ1) is 13.6. The van der Waals surface area contributed by atoms with E-state index < -0.39 is 0 Å². The van der Waals surface area contributed by atoms with Gasteiger partial charge >= 0.3 is 0 Å². The first-order valence-corrected chi connectivity index (χ1v) is 9.67. The van der Waals surface area contributed by atoms with Gasteiger partial charge in [-0.1, -0.05) is 24.3 Å². The SMILES string of the molecule is CN1CCN(Cc2ccc(CNC(=O)CCNC(=O)c3ccco3)cc2)CC1. The summed E-state index contributed by atoms with van der Waals surface area (Å²) in [6.07, 6.45) is 1.67. The predicted molar refractivity (Wildman–Crippen MR) is 107 cm³/mol. The Kier molecular flexibility index (Phi) is 7.22. The molecule has 0 spiro atoms. The molecule has 0 saturated carbocycles. The topological polar surface area (TPSA) is 77.8 Å². The van der Waals surface area contributed by atoms with E-state index in [0.717, 1.165) is 38.3 Å². The van der Waals surface area contributed by atoms with E-state index in [1.165, 1.54) is 11.8 Å². The molecule has 3 rings (SSSR count). The summed E-state index contributed by atoms with van der Waals surface area (Å²) in [6.45, 7) is 6.17. The smallest absolute Gasteiger partial charge is 0.286 e. The zero-order valence-electron chi connectivity index (χ0n) is 16.3. The van der Waals surface area contributed by atoms with Crippen LogP contribution in [0.1, 0.15) is 28.1 Å². The Bertz CT molecular complexity index is 750. The van der Waals surface area contributed by atoms with Crippen LogP contribution in [0.25, 0.3) is 0 Å². The molecule has 1 saturated heterocycles. The van der Waals surface area contributed by atoms with Crippen LogP contribution in [0.3, 0.4) is 0 Å². The highest BCUT2D eigenvalue weighted by Crippen LogP contribution is 2.10. The highest BCUT2D eigenvalue weighted by Gasteiger charge is 2.13. The average molecular weight is 384 g/mol. The largest absolute Gasteiger partial charge is 0.459 e. The van der Waals surface area contributed by atoms with Gasteiger partial charge in [0, 0.05) is 52.2 Å². The maximum absolute atomic E-state index is 11.9. The minimum atomic E-state index is -0.311. The summed E-state index contributed by atoms with van der Waals surface area (Å²) in [5, 5.41) is 5.55. The lowest BCUT2D eigenvalue weighted by molar-refractivity contribution is -0.121. The van der Waals surface area contributed by atoms with Crippen LogP contribution in [0, 0.1) is 0 Å². The van der Waals surface area contributed by atoms with Crippen molar-refractivity contribution >= 4 is 11.8 Å². The minimum absolute atomic E-state index is 0.0961. The van der Waals surface area contributed by atoms with Crippen LogP contribution in [0.15, 0.2) is 47.1 Å². The Labute approximate surface area is 165 Å². The van der Waals surface area contributed by atoms with Gasteiger partial charge in [-0.3, -0.25) is 14.5 Å². The van der Waals surface area contributed by atoms with Gasteiger partial charge in [-0.15, -0.1) is 0 Å². The van der Waals surface area contributed by atoms with Gasteiger partial charge in [0.05, 0.1) is 6.26 Å². The van der Waals surface area contributed by atoms with E-state index in [4.69, 9.17) is 4.42 Å². The number of amides is 2. The molecule has 0 radical (unpaired) electrons. The summed E-state index contributed by atoms with van der Waals surface area (Å²) in [6, 6.07) is 11.6. The minimum Gasteiger partial charge on any atom is -0.459 e. The first kappa shape index (κ1) is 20.1. The molecule has 0 atom stereocenters. The number of carbonyl (C=O) groups excluding carboxylic acids is 2. The van der Waals surface area contributed by atoms with Crippen molar-refractivity contribution in [1.82, 2.24) is 20.4 Å². The average Bonchev–Trinajstić information content (AvgIpc) is 3.24. The molecule has 28 heavy (non-hydrogen) atoms. The maximum atomic E-state index is 11.9. The number of nitrogens with zero attached hydrogens (tertiary/aromatic N) is 2. The highest BCUT2D eigenvalue weighted by molar-refractivity contribution is 5.91. The van der Waals surface area contributed by atoms with E-state index in [2.05, 4.69) is 51.7 Å². The van der Waals surface area contributed by atoms with Crippen molar-refractivity contribution in [2.45, 2.75) is 19.5 Å². The van der Waals surface area contributed by atoms with Crippen molar-refractivity contribution in [3.63, 3.8) is 0 Å². The molecule has 150 valence electrons. The Morgan fingerprint density at radius 3 is 2.39 bits per heavy atom. The van der Waals surface area contributed by atoms with Crippen LogP contribution in [0.4, 0.5) is 0 Å². The molecule has 7 heteroatoms. The summed E-state index contributed by atoms with van der Waals surface area (Å²) in [5.74, 6) is -0.160. The van der Waals surface area contributed by atoms with Gasteiger partial charge in [-0.05, 0) is 30.3 Å². The zero-order chi connectivity index (χ0) is 19.8. The van der Waals surface area contributed by atoms with Crippen molar-refractivity contribution in [2.24, 2.45) is 0 Å². The van der Waals surface area contributed by atoms with Gasteiger partial charge in [-0.2, -0.15) is 0 Å². The monoisotopic (exact) mass is 384 g/mol. The van der Waals surface area contributed by atoms with Gasteiger partial charge in [0.2, 0.25) is 5.91 Å².